The van der Waals surface area contributed by atoms with Crippen molar-refractivity contribution in [3.8, 4) is 5.75 Å². The highest BCUT2D eigenvalue weighted by atomic mass is 32.1. The molecule has 0 radical (unpaired) electrons. The Balaban J connectivity index is 1.90. The van der Waals surface area contributed by atoms with Gasteiger partial charge in [0, 0.05) is 18.1 Å². The first-order valence-electron chi connectivity index (χ1n) is 6.31. The van der Waals surface area contributed by atoms with E-state index in [2.05, 4.69) is 5.32 Å². The molecule has 1 aromatic heterocycles. The molecule has 0 unspecified atom stereocenters. The lowest BCUT2D eigenvalue weighted by molar-refractivity contribution is -0.116. The summed E-state index contributed by atoms with van der Waals surface area (Å²) in [7, 11) is 3.19. The minimum absolute atomic E-state index is 0.000704. The molecule has 0 aliphatic carbocycles. The Hall–Kier alpha value is -2.34. The fourth-order valence-electron chi connectivity index (χ4n) is 1.77. The zero-order chi connectivity index (χ0) is 15.2. The molecule has 2 amide bonds. The van der Waals surface area contributed by atoms with Crippen LogP contribution in [-0.2, 0) is 4.79 Å². The molecule has 0 spiro atoms. The quantitative estimate of drug-likeness (QED) is 0.923. The first-order chi connectivity index (χ1) is 10.1. The van der Waals surface area contributed by atoms with Crippen LogP contribution in [0, 0.1) is 0 Å². The minimum atomic E-state index is -0.244. The maximum atomic E-state index is 12.0. The topological polar surface area (TPSA) is 58.6 Å². The highest BCUT2D eigenvalue weighted by Gasteiger charge is 2.15. The summed E-state index contributed by atoms with van der Waals surface area (Å²) in [5.41, 5.74) is 1.26. The molecule has 0 aliphatic heterocycles. The second-order valence-corrected chi connectivity index (χ2v) is 5.23. The molecule has 0 bridgehead atoms. The van der Waals surface area contributed by atoms with Crippen molar-refractivity contribution in [2.24, 2.45) is 0 Å². The van der Waals surface area contributed by atoms with Gasteiger partial charge in [0.1, 0.15) is 5.75 Å². The lowest BCUT2D eigenvalue weighted by Gasteiger charge is -2.16. The Morgan fingerprint density at radius 1 is 1.24 bits per heavy atom. The van der Waals surface area contributed by atoms with Gasteiger partial charge in [-0.15, -0.1) is 0 Å². The molecule has 0 fully saturated rings. The molecule has 110 valence electrons. The predicted octanol–water partition coefficient (Wildman–Crippen LogP) is 2.47. The minimum Gasteiger partial charge on any atom is -0.497 e. The molecule has 0 saturated carbocycles. The number of likely N-dealkylation sites (N-methyl/N-ethyl adjacent to an activating group) is 1. The number of hydrogen-bond acceptors (Lipinski definition) is 4. The first kappa shape index (κ1) is 15.1. The van der Waals surface area contributed by atoms with Crippen LogP contribution in [0.15, 0.2) is 41.1 Å². The van der Waals surface area contributed by atoms with Gasteiger partial charge in [-0.25, -0.2) is 0 Å². The highest BCUT2D eigenvalue weighted by Crippen LogP contribution is 2.15. The molecule has 1 N–H and O–H groups in total. The van der Waals surface area contributed by atoms with Gasteiger partial charge in [-0.2, -0.15) is 11.3 Å². The SMILES string of the molecule is COc1ccc(NC(=O)CN(C)C(=O)c2ccsc2)cc1. The zero-order valence-corrected chi connectivity index (χ0v) is 12.6. The van der Waals surface area contributed by atoms with Gasteiger partial charge in [-0.05, 0) is 35.7 Å². The molecule has 0 aliphatic rings. The molecule has 5 nitrogen and oxygen atoms in total. The summed E-state index contributed by atoms with van der Waals surface area (Å²) in [6.45, 7) is 0.000704. The van der Waals surface area contributed by atoms with Crippen LogP contribution in [0.1, 0.15) is 10.4 Å². The molecule has 1 heterocycles. The fraction of sp³-hybridized carbons (Fsp3) is 0.200. The Labute approximate surface area is 127 Å². The number of nitrogens with one attached hydrogen (secondary N) is 1. The van der Waals surface area contributed by atoms with Gasteiger partial charge in [-0.1, -0.05) is 0 Å². The van der Waals surface area contributed by atoms with E-state index >= 15 is 0 Å². The summed E-state index contributed by atoms with van der Waals surface area (Å²) < 4.78 is 5.05. The summed E-state index contributed by atoms with van der Waals surface area (Å²) in [4.78, 5) is 25.3. The lowest BCUT2D eigenvalue weighted by atomic mass is 10.3. The average molecular weight is 304 g/mol. The van der Waals surface area contributed by atoms with E-state index in [0.29, 0.717) is 11.3 Å². The maximum Gasteiger partial charge on any atom is 0.254 e. The van der Waals surface area contributed by atoms with Crippen LogP contribution in [0.3, 0.4) is 0 Å². The zero-order valence-electron chi connectivity index (χ0n) is 11.8. The van der Waals surface area contributed by atoms with Gasteiger partial charge in [0.15, 0.2) is 0 Å². The van der Waals surface area contributed by atoms with Gasteiger partial charge >= 0.3 is 0 Å². The maximum absolute atomic E-state index is 12.0. The summed E-state index contributed by atoms with van der Waals surface area (Å²) >= 11 is 1.45. The largest absolute Gasteiger partial charge is 0.497 e. The third-order valence-electron chi connectivity index (χ3n) is 2.87. The molecule has 21 heavy (non-hydrogen) atoms. The lowest BCUT2D eigenvalue weighted by Crippen LogP contribution is -2.34. The molecular formula is C15H16N2O3S. The number of hydrogen-bond donors (Lipinski definition) is 1. The summed E-state index contributed by atoms with van der Waals surface area (Å²) in [6.07, 6.45) is 0. The third-order valence-corrected chi connectivity index (χ3v) is 3.55. The Morgan fingerprint density at radius 2 is 1.95 bits per heavy atom. The number of amides is 2. The Bertz CT molecular complexity index is 608. The van der Waals surface area contributed by atoms with Gasteiger partial charge in [0.2, 0.25) is 5.91 Å². The molecule has 0 atom stereocenters. The van der Waals surface area contributed by atoms with Gasteiger partial charge in [0.25, 0.3) is 5.91 Å². The second kappa shape index (κ2) is 6.90. The number of rotatable bonds is 5. The van der Waals surface area contributed by atoms with Gasteiger partial charge < -0.3 is 15.0 Å². The van der Waals surface area contributed by atoms with Crippen molar-refractivity contribution in [3.63, 3.8) is 0 Å². The Kier molecular flexibility index (Phi) is 4.94. The van der Waals surface area contributed by atoms with Crippen molar-refractivity contribution in [1.82, 2.24) is 4.90 Å². The Morgan fingerprint density at radius 3 is 2.52 bits per heavy atom. The van der Waals surface area contributed by atoms with Crippen molar-refractivity contribution in [1.29, 1.82) is 0 Å². The van der Waals surface area contributed by atoms with Gasteiger partial charge in [-0.3, -0.25) is 9.59 Å². The van der Waals surface area contributed by atoms with E-state index in [9.17, 15) is 9.59 Å². The van der Waals surface area contributed by atoms with Gasteiger partial charge in [0.05, 0.1) is 19.2 Å². The van der Waals surface area contributed by atoms with E-state index in [0.717, 1.165) is 5.75 Å². The molecule has 6 heteroatoms. The summed E-state index contributed by atoms with van der Waals surface area (Å²) in [5, 5.41) is 6.33. The fourth-order valence-corrected chi connectivity index (χ4v) is 2.40. The van der Waals surface area contributed by atoms with Crippen molar-refractivity contribution in [2.75, 3.05) is 26.0 Å². The van der Waals surface area contributed by atoms with E-state index in [1.807, 2.05) is 5.38 Å². The molecule has 1 aromatic carbocycles. The second-order valence-electron chi connectivity index (χ2n) is 4.45. The van der Waals surface area contributed by atoms with Crippen LogP contribution in [0.5, 0.6) is 5.75 Å². The van der Waals surface area contributed by atoms with E-state index in [1.54, 1.807) is 49.9 Å². The van der Waals surface area contributed by atoms with E-state index in [-0.39, 0.29) is 18.4 Å². The van der Waals surface area contributed by atoms with Crippen molar-refractivity contribution in [2.45, 2.75) is 0 Å². The first-order valence-corrected chi connectivity index (χ1v) is 7.26. The normalized spacial score (nSPS) is 10.0. The van der Waals surface area contributed by atoms with E-state index in [4.69, 9.17) is 4.74 Å². The van der Waals surface area contributed by atoms with Crippen molar-refractivity contribution < 1.29 is 14.3 Å². The van der Waals surface area contributed by atoms with Crippen LogP contribution >= 0.6 is 11.3 Å². The molecule has 2 aromatic rings. The van der Waals surface area contributed by atoms with Crippen LogP contribution in [-0.4, -0.2) is 37.4 Å². The number of nitrogens with zero attached hydrogens (tertiary/aromatic N) is 1. The van der Waals surface area contributed by atoms with Crippen molar-refractivity contribution in [3.05, 3.63) is 46.7 Å². The average Bonchev–Trinajstić information content (AvgIpc) is 3.01. The monoisotopic (exact) mass is 304 g/mol. The number of carbonyl (C=O) groups excluding carboxylic acids is 2. The van der Waals surface area contributed by atoms with Crippen LogP contribution < -0.4 is 10.1 Å². The molecular weight excluding hydrogens is 288 g/mol. The number of carbonyl (C=O) groups is 2. The predicted molar refractivity (Wildman–Crippen MR) is 82.9 cm³/mol. The number of anilines is 1. The van der Waals surface area contributed by atoms with Crippen LogP contribution in [0.4, 0.5) is 5.69 Å². The highest BCUT2D eigenvalue weighted by molar-refractivity contribution is 7.08. The summed E-state index contributed by atoms with van der Waals surface area (Å²) in [5.74, 6) is 0.310. The number of benzene rings is 1. The van der Waals surface area contributed by atoms with E-state index in [1.165, 1.54) is 16.2 Å². The van der Waals surface area contributed by atoms with Crippen LogP contribution in [0.25, 0.3) is 0 Å². The van der Waals surface area contributed by atoms with Crippen molar-refractivity contribution >= 4 is 28.8 Å². The van der Waals surface area contributed by atoms with Crippen LogP contribution in [0.2, 0.25) is 0 Å². The molecule has 2 rings (SSSR count). The smallest absolute Gasteiger partial charge is 0.254 e. The standard InChI is InChI=1S/C15H16N2O3S/c1-17(15(19)11-7-8-21-10-11)9-14(18)16-12-3-5-13(20-2)6-4-12/h3-8,10H,9H2,1-2H3,(H,16,18). The molecule has 0 saturated heterocycles. The summed E-state index contributed by atoms with van der Waals surface area (Å²) in [6, 6.07) is 8.76. The third kappa shape index (κ3) is 4.06. The van der Waals surface area contributed by atoms with E-state index < -0.39 is 0 Å². The number of thiophene rings is 1. The number of ether oxygens (including phenoxy) is 1. The number of methoxy groups -OCH3 is 1.